The molecule has 0 spiro atoms. The van der Waals surface area contributed by atoms with Gasteiger partial charge in [-0.3, -0.25) is 4.79 Å². The summed E-state index contributed by atoms with van der Waals surface area (Å²) in [5, 5.41) is 4.80. The third-order valence-corrected chi connectivity index (χ3v) is 5.52. The van der Waals surface area contributed by atoms with E-state index in [1.165, 1.54) is 0 Å². The summed E-state index contributed by atoms with van der Waals surface area (Å²) in [6.45, 7) is 2.45. The van der Waals surface area contributed by atoms with Crippen molar-refractivity contribution in [1.29, 1.82) is 0 Å². The van der Waals surface area contributed by atoms with Crippen LogP contribution in [-0.4, -0.2) is 24.3 Å². The molecular weight excluding hydrogens is 413 g/mol. The molecule has 2 rings (SSSR count). The van der Waals surface area contributed by atoms with Crippen LogP contribution in [-0.2, 0) is 10.5 Å². The molecule has 0 aromatic heterocycles. The van der Waals surface area contributed by atoms with Gasteiger partial charge in [-0.15, -0.1) is 0 Å². The summed E-state index contributed by atoms with van der Waals surface area (Å²) in [7, 11) is 0. The molecule has 1 atom stereocenters. The smallest absolute Gasteiger partial charge is 0.261 e. The first kappa shape index (κ1) is 21.2. The maximum Gasteiger partial charge on any atom is 0.261 e. The van der Waals surface area contributed by atoms with Gasteiger partial charge in [-0.1, -0.05) is 53.9 Å². The third-order valence-electron chi connectivity index (χ3n) is 3.59. The molecule has 0 unspecified atom stereocenters. The minimum absolute atomic E-state index is 0.135. The molecule has 140 valence electrons. The lowest BCUT2D eigenvalue weighted by Gasteiger charge is -2.17. The Kier molecular flexibility index (Phi) is 8.93. The summed E-state index contributed by atoms with van der Waals surface area (Å²) >= 11 is 19.9. The average molecular weight is 433 g/mol. The number of rotatable bonds is 9. The van der Waals surface area contributed by atoms with Crippen molar-refractivity contribution in [3.63, 3.8) is 0 Å². The largest absolute Gasteiger partial charge is 0.481 e. The SMILES string of the molecule is CC[C@@H](Oc1cccc(Cl)c1)C(=O)NCCSCc1c(Cl)cccc1Cl. The number of carbonyl (C=O) groups excluding carboxylic acids is 1. The molecule has 1 amide bonds. The van der Waals surface area contributed by atoms with Crippen LogP contribution in [0.5, 0.6) is 5.75 Å². The lowest BCUT2D eigenvalue weighted by Crippen LogP contribution is -2.39. The predicted molar refractivity (Wildman–Crippen MR) is 112 cm³/mol. The molecule has 7 heteroatoms. The van der Waals surface area contributed by atoms with Gasteiger partial charge in [0.2, 0.25) is 0 Å². The van der Waals surface area contributed by atoms with E-state index in [-0.39, 0.29) is 5.91 Å². The van der Waals surface area contributed by atoms with Crippen LogP contribution in [0.3, 0.4) is 0 Å². The lowest BCUT2D eigenvalue weighted by atomic mass is 10.2. The minimum Gasteiger partial charge on any atom is -0.481 e. The first-order chi connectivity index (χ1) is 12.5. The topological polar surface area (TPSA) is 38.3 Å². The van der Waals surface area contributed by atoms with Gasteiger partial charge < -0.3 is 10.1 Å². The zero-order valence-electron chi connectivity index (χ0n) is 14.3. The molecule has 0 radical (unpaired) electrons. The van der Waals surface area contributed by atoms with E-state index in [0.29, 0.717) is 39.5 Å². The highest BCUT2D eigenvalue weighted by molar-refractivity contribution is 7.98. The molecule has 0 fully saturated rings. The predicted octanol–water partition coefficient (Wildman–Crippen LogP) is 5.85. The number of nitrogens with one attached hydrogen (secondary N) is 1. The van der Waals surface area contributed by atoms with Gasteiger partial charge in [-0.05, 0) is 42.3 Å². The van der Waals surface area contributed by atoms with Crippen LogP contribution in [0, 0.1) is 0 Å². The molecule has 0 heterocycles. The number of ether oxygens (including phenoxy) is 1. The van der Waals surface area contributed by atoms with Crippen molar-refractivity contribution in [1.82, 2.24) is 5.32 Å². The molecule has 0 saturated heterocycles. The van der Waals surface area contributed by atoms with Crippen LogP contribution in [0.1, 0.15) is 18.9 Å². The summed E-state index contributed by atoms with van der Waals surface area (Å²) < 4.78 is 5.73. The van der Waals surface area contributed by atoms with Crippen LogP contribution in [0.25, 0.3) is 0 Å². The molecule has 2 aromatic rings. The van der Waals surface area contributed by atoms with Crippen molar-refractivity contribution in [3.05, 3.63) is 63.1 Å². The Labute approximate surface area is 173 Å². The van der Waals surface area contributed by atoms with Gasteiger partial charge in [0.1, 0.15) is 5.75 Å². The van der Waals surface area contributed by atoms with Crippen molar-refractivity contribution in [2.75, 3.05) is 12.3 Å². The van der Waals surface area contributed by atoms with Crippen molar-refractivity contribution >= 4 is 52.5 Å². The van der Waals surface area contributed by atoms with Gasteiger partial charge in [0, 0.05) is 33.1 Å². The first-order valence-corrected chi connectivity index (χ1v) is 10.5. The van der Waals surface area contributed by atoms with Crippen LogP contribution in [0.4, 0.5) is 0 Å². The van der Waals surface area contributed by atoms with Gasteiger partial charge in [0.15, 0.2) is 6.10 Å². The van der Waals surface area contributed by atoms with E-state index < -0.39 is 6.10 Å². The molecule has 0 aliphatic heterocycles. The monoisotopic (exact) mass is 431 g/mol. The number of carbonyl (C=O) groups is 1. The Morgan fingerprint density at radius 2 is 1.85 bits per heavy atom. The van der Waals surface area contributed by atoms with Crippen molar-refractivity contribution in [2.24, 2.45) is 0 Å². The summed E-state index contributed by atoms with van der Waals surface area (Å²) in [6, 6.07) is 12.5. The summed E-state index contributed by atoms with van der Waals surface area (Å²) in [5.74, 6) is 1.90. The zero-order valence-corrected chi connectivity index (χ0v) is 17.4. The highest BCUT2D eigenvalue weighted by Gasteiger charge is 2.18. The molecule has 0 aliphatic carbocycles. The number of amides is 1. The number of hydrogen-bond acceptors (Lipinski definition) is 3. The van der Waals surface area contributed by atoms with Crippen molar-refractivity contribution < 1.29 is 9.53 Å². The first-order valence-electron chi connectivity index (χ1n) is 8.21. The fourth-order valence-electron chi connectivity index (χ4n) is 2.23. The number of halogens is 3. The molecule has 0 bridgehead atoms. The summed E-state index contributed by atoms with van der Waals surface area (Å²) in [4.78, 5) is 12.3. The Bertz CT molecular complexity index is 722. The van der Waals surface area contributed by atoms with Crippen molar-refractivity contribution in [2.45, 2.75) is 25.2 Å². The van der Waals surface area contributed by atoms with Gasteiger partial charge in [-0.2, -0.15) is 11.8 Å². The second-order valence-electron chi connectivity index (χ2n) is 5.52. The van der Waals surface area contributed by atoms with E-state index in [4.69, 9.17) is 39.5 Å². The van der Waals surface area contributed by atoms with Gasteiger partial charge in [0.25, 0.3) is 5.91 Å². The average Bonchev–Trinajstić information content (AvgIpc) is 2.61. The van der Waals surface area contributed by atoms with E-state index in [1.54, 1.807) is 36.0 Å². The molecule has 0 saturated carbocycles. The van der Waals surface area contributed by atoms with Gasteiger partial charge >= 0.3 is 0 Å². The zero-order chi connectivity index (χ0) is 18.9. The molecule has 1 N–H and O–H groups in total. The quantitative estimate of drug-likeness (QED) is 0.505. The maximum atomic E-state index is 12.3. The lowest BCUT2D eigenvalue weighted by molar-refractivity contribution is -0.127. The Hall–Kier alpha value is -1.07. The number of thioether (sulfide) groups is 1. The molecule has 0 aliphatic rings. The highest BCUT2D eigenvalue weighted by atomic mass is 35.5. The van der Waals surface area contributed by atoms with Crippen molar-refractivity contribution in [3.8, 4) is 5.75 Å². The van der Waals surface area contributed by atoms with Crippen LogP contribution in [0.2, 0.25) is 15.1 Å². The van der Waals surface area contributed by atoms with E-state index in [1.807, 2.05) is 25.1 Å². The fraction of sp³-hybridized carbons (Fsp3) is 0.316. The molecular formula is C19H20Cl3NO2S. The van der Waals surface area contributed by atoms with E-state index in [9.17, 15) is 4.79 Å². The minimum atomic E-state index is -0.545. The highest BCUT2D eigenvalue weighted by Crippen LogP contribution is 2.28. The number of hydrogen-bond donors (Lipinski definition) is 1. The van der Waals surface area contributed by atoms with Crippen LogP contribution >= 0.6 is 46.6 Å². The third kappa shape index (κ3) is 6.58. The molecule has 2 aromatic carbocycles. The normalized spacial score (nSPS) is 11.8. The Balaban J connectivity index is 1.75. The second kappa shape index (κ2) is 10.9. The van der Waals surface area contributed by atoms with Crippen LogP contribution in [0.15, 0.2) is 42.5 Å². The second-order valence-corrected chi connectivity index (χ2v) is 7.87. The Morgan fingerprint density at radius 1 is 1.15 bits per heavy atom. The van der Waals surface area contributed by atoms with E-state index >= 15 is 0 Å². The summed E-state index contributed by atoms with van der Waals surface area (Å²) in [5.41, 5.74) is 0.919. The van der Waals surface area contributed by atoms with Crippen LogP contribution < -0.4 is 10.1 Å². The maximum absolute atomic E-state index is 12.3. The molecule has 26 heavy (non-hydrogen) atoms. The fourth-order valence-corrected chi connectivity index (χ4v) is 4.01. The van der Waals surface area contributed by atoms with Gasteiger partial charge in [0.05, 0.1) is 0 Å². The Morgan fingerprint density at radius 3 is 2.50 bits per heavy atom. The molecule has 3 nitrogen and oxygen atoms in total. The van der Waals surface area contributed by atoms with Gasteiger partial charge in [-0.25, -0.2) is 0 Å². The standard InChI is InChI=1S/C19H20Cl3NO2S/c1-2-18(25-14-6-3-5-13(20)11-14)19(24)23-9-10-26-12-15-16(21)7-4-8-17(15)22/h3-8,11,18H,2,9-10,12H2,1H3,(H,23,24)/t18-/m1/s1. The van der Waals surface area contributed by atoms with E-state index in [0.717, 1.165) is 11.3 Å². The van der Waals surface area contributed by atoms with E-state index in [2.05, 4.69) is 5.32 Å². The summed E-state index contributed by atoms with van der Waals surface area (Å²) in [6.07, 6.45) is 0.0252. The number of benzene rings is 2.